The number of nitrogens with zero attached hydrogens (tertiary/aromatic N) is 1. The molecule has 2 aliphatic rings. The Hall–Kier alpha value is -3.05. The number of allylic oxidation sites excluding steroid dienone is 2. The highest BCUT2D eigenvalue weighted by Gasteiger charge is 2.44. The summed E-state index contributed by atoms with van der Waals surface area (Å²) in [5.41, 5.74) is 3.25. The topological polar surface area (TPSA) is 64.4 Å². The van der Waals surface area contributed by atoms with Crippen LogP contribution in [0.4, 0.5) is 5.69 Å². The number of amidine groups is 1. The number of Topliss-reactive ketones (excluding diaryl/α,β-unsaturated/α-hetero) is 1. The Bertz CT molecular complexity index is 1410. The van der Waals surface area contributed by atoms with Crippen LogP contribution in [0.15, 0.2) is 89.6 Å². The maximum absolute atomic E-state index is 13.5. The van der Waals surface area contributed by atoms with Gasteiger partial charge in [0.05, 0.1) is 10.7 Å². The summed E-state index contributed by atoms with van der Waals surface area (Å²) in [6.07, 6.45) is 1.63. The maximum Gasteiger partial charge on any atom is 0.161 e. The number of nitrogens with one attached hydrogen (secondary N) is 1. The summed E-state index contributed by atoms with van der Waals surface area (Å²) in [6, 6.07) is 21.3. The number of benzene rings is 3. The van der Waals surface area contributed by atoms with Crippen LogP contribution in [0, 0.1) is 5.41 Å². The standard InChI is InChI=1S/C28H21Cl3N2O2/c29-17-13-14-18(20(31)15-17)24-25-22(11-6-12-23(25)34)33(21-10-5-4-9-19(21)30)28(32)26(24)27(35)16-7-2-1-3-8-16/h1-5,7-10,13-15,24,32,35H,6,11-12H2/b27-26+,32-28?. The van der Waals surface area contributed by atoms with E-state index in [0.29, 0.717) is 62.4 Å². The number of aliphatic hydroxyl groups is 1. The van der Waals surface area contributed by atoms with E-state index in [4.69, 9.17) is 34.8 Å². The molecule has 0 amide bonds. The van der Waals surface area contributed by atoms with Gasteiger partial charge in [0.15, 0.2) is 5.78 Å². The summed E-state index contributed by atoms with van der Waals surface area (Å²) in [7, 11) is 0. The summed E-state index contributed by atoms with van der Waals surface area (Å²) in [5.74, 6) is -0.809. The molecule has 0 saturated carbocycles. The number of halogens is 3. The van der Waals surface area contributed by atoms with Crippen LogP contribution in [-0.4, -0.2) is 16.7 Å². The van der Waals surface area contributed by atoms with Crippen molar-refractivity contribution in [3.8, 4) is 0 Å². The maximum atomic E-state index is 13.5. The lowest BCUT2D eigenvalue weighted by Crippen LogP contribution is -2.42. The van der Waals surface area contributed by atoms with Gasteiger partial charge in [-0.3, -0.25) is 15.1 Å². The van der Waals surface area contributed by atoms with Gasteiger partial charge < -0.3 is 5.11 Å². The molecule has 1 unspecified atom stereocenters. The number of ketones is 1. The largest absolute Gasteiger partial charge is 0.507 e. The van der Waals surface area contributed by atoms with Crippen LogP contribution in [0.2, 0.25) is 15.1 Å². The zero-order chi connectivity index (χ0) is 24.7. The van der Waals surface area contributed by atoms with E-state index in [0.717, 1.165) is 0 Å². The second-order valence-electron chi connectivity index (χ2n) is 8.50. The number of hydrogen-bond acceptors (Lipinski definition) is 3. The highest BCUT2D eigenvalue weighted by molar-refractivity contribution is 6.36. The predicted octanol–water partition coefficient (Wildman–Crippen LogP) is 8.20. The summed E-state index contributed by atoms with van der Waals surface area (Å²) in [6.45, 7) is 0. The third kappa shape index (κ3) is 4.16. The number of rotatable bonds is 3. The van der Waals surface area contributed by atoms with Gasteiger partial charge >= 0.3 is 0 Å². The third-order valence-electron chi connectivity index (χ3n) is 6.42. The highest BCUT2D eigenvalue weighted by atomic mass is 35.5. The number of aliphatic hydroxyl groups excluding tert-OH is 1. The number of carbonyl (C=O) groups is 1. The van der Waals surface area contributed by atoms with Crippen molar-refractivity contribution in [1.29, 1.82) is 5.41 Å². The van der Waals surface area contributed by atoms with Crippen LogP contribution in [0.3, 0.4) is 0 Å². The van der Waals surface area contributed by atoms with E-state index >= 15 is 0 Å². The second-order valence-corrected chi connectivity index (χ2v) is 9.75. The lowest BCUT2D eigenvalue weighted by molar-refractivity contribution is -0.116. The number of hydrogen-bond donors (Lipinski definition) is 2. The number of para-hydroxylation sites is 1. The van der Waals surface area contributed by atoms with Crippen molar-refractivity contribution in [3.05, 3.63) is 116 Å². The van der Waals surface area contributed by atoms with E-state index in [9.17, 15) is 15.3 Å². The third-order valence-corrected chi connectivity index (χ3v) is 7.31. The van der Waals surface area contributed by atoms with Gasteiger partial charge in [0, 0.05) is 44.8 Å². The second kappa shape index (κ2) is 9.54. The van der Waals surface area contributed by atoms with Crippen LogP contribution < -0.4 is 4.90 Å². The van der Waals surface area contributed by atoms with Gasteiger partial charge in [0.25, 0.3) is 0 Å². The van der Waals surface area contributed by atoms with Crippen molar-refractivity contribution < 1.29 is 9.90 Å². The lowest BCUT2D eigenvalue weighted by atomic mass is 9.73. The molecule has 176 valence electrons. The molecule has 3 aromatic rings. The molecule has 3 aromatic carbocycles. The molecule has 0 bridgehead atoms. The van der Waals surface area contributed by atoms with Gasteiger partial charge in [-0.15, -0.1) is 0 Å². The molecule has 7 heteroatoms. The molecule has 2 N–H and O–H groups in total. The van der Waals surface area contributed by atoms with Crippen molar-refractivity contribution in [2.24, 2.45) is 0 Å². The molecular weight excluding hydrogens is 503 g/mol. The van der Waals surface area contributed by atoms with Crippen LogP contribution in [0.5, 0.6) is 0 Å². The normalized spacial score (nSPS) is 19.6. The average Bonchev–Trinajstić information content (AvgIpc) is 2.85. The van der Waals surface area contributed by atoms with Gasteiger partial charge in [0.2, 0.25) is 0 Å². The Balaban J connectivity index is 1.87. The molecule has 1 atom stereocenters. The monoisotopic (exact) mass is 522 g/mol. The van der Waals surface area contributed by atoms with E-state index in [-0.39, 0.29) is 23.0 Å². The minimum Gasteiger partial charge on any atom is -0.507 e. The average molecular weight is 524 g/mol. The first-order valence-corrected chi connectivity index (χ1v) is 12.3. The molecule has 0 saturated heterocycles. The summed E-state index contributed by atoms with van der Waals surface area (Å²) in [4.78, 5) is 15.2. The Morgan fingerprint density at radius 1 is 0.914 bits per heavy atom. The predicted molar refractivity (Wildman–Crippen MR) is 143 cm³/mol. The van der Waals surface area contributed by atoms with Crippen LogP contribution in [0.1, 0.15) is 36.3 Å². The van der Waals surface area contributed by atoms with Crippen LogP contribution in [-0.2, 0) is 4.79 Å². The lowest BCUT2D eigenvalue weighted by Gasteiger charge is -2.42. The van der Waals surface area contributed by atoms with Crippen molar-refractivity contribution >= 4 is 57.9 Å². The quantitative estimate of drug-likeness (QED) is 0.340. The summed E-state index contributed by atoms with van der Waals surface area (Å²) >= 11 is 19.4. The SMILES string of the molecule is N=C1/C(=C(/O)c2ccccc2)C(c2ccc(Cl)cc2Cl)C2=C(CCCC2=O)N1c1ccccc1Cl. The van der Waals surface area contributed by atoms with Crippen LogP contribution >= 0.6 is 34.8 Å². The van der Waals surface area contributed by atoms with Gasteiger partial charge in [0.1, 0.15) is 11.6 Å². The van der Waals surface area contributed by atoms with E-state index in [1.807, 2.05) is 36.4 Å². The minimum absolute atomic E-state index is 0.0369. The van der Waals surface area contributed by atoms with Gasteiger partial charge in [-0.05, 0) is 42.7 Å². The molecule has 1 aliphatic carbocycles. The minimum atomic E-state index is -0.728. The van der Waals surface area contributed by atoms with Gasteiger partial charge in [-0.1, -0.05) is 83.3 Å². The van der Waals surface area contributed by atoms with Crippen molar-refractivity contribution in [1.82, 2.24) is 0 Å². The van der Waals surface area contributed by atoms with E-state index in [1.54, 1.807) is 41.3 Å². The molecular formula is C28H21Cl3N2O2. The van der Waals surface area contributed by atoms with E-state index < -0.39 is 5.92 Å². The molecule has 1 aliphatic heterocycles. The fraction of sp³-hybridized carbons (Fsp3) is 0.143. The first-order valence-electron chi connectivity index (χ1n) is 11.2. The Labute approximate surface area is 218 Å². The molecule has 35 heavy (non-hydrogen) atoms. The van der Waals surface area contributed by atoms with Gasteiger partial charge in [-0.2, -0.15) is 0 Å². The van der Waals surface area contributed by atoms with Gasteiger partial charge in [-0.25, -0.2) is 0 Å². The Kier molecular flexibility index (Phi) is 6.45. The van der Waals surface area contributed by atoms with Crippen molar-refractivity contribution in [2.45, 2.75) is 25.2 Å². The highest BCUT2D eigenvalue weighted by Crippen LogP contribution is 2.50. The number of carbonyl (C=O) groups excluding carboxylic acids is 1. The Morgan fingerprint density at radius 2 is 1.63 bits per heavy atom. The van der Waals surface area contributed by atoms with E-state index in [1.165, 1.54) is 0 Å². The molecule has 5 rings (SSSR count). The molecule has 0 spiro atoms. The first-order chi connectivity index (χ1) is 16.9. The molecule has 1 heterocycles. The Morgan fingerprint density at radius 3 is 2.34 bits per heavy atom. The van der Waals surface area contributed by atoms with Crippen molar-refractivity contribution in [2.75, 3.05) is 4.90 Å². The molecule has 0 fully saturated rings. The van der Waals surface area contributed by atoms with Crippen molar-refractivity contribution in [3.63, 3.8) is 0 Å². The number of anilines is 1. The fourth-order valence-corrected chi connectivity index (χ4v) is 5.63. The summed E-state index contributed by atoms with van der Waals surface area (Å²) in [5, 5.41) is 22.2. The molecule has 0 aromatic heterocycles. The van der Waals surface area contributed by atoms with Crippen LogP contribution in [0.25, 0.3) is 5.76 Å². The smallest absolute Gasteiger partial charge is 0.161 e. The zero-order valence-electron chi connectivity index (χ0n) is 18.6. The zero-order valence-corrected chi connectivity index (χ0v) is 20.8. The first kappa shape index (κ1) is 23.7. The van der Waals surface area contributed by atoms with E-state index in [2.05, 4.69) is 0 Å². The molecule has 4 nitrogen and oxygen atoms in total. The molecule has 0 radical (unpaired) electrons. The fourth-order valence-electron chi connectivity index (χ4n) is 4.89. The summed E-state index contributed by atoms with van der Waals surface area (Å²) < 4.78 is 0.